The van der Waals surface area contributed by atoms with Crippen LogP contribution >= 0.6 is 11.6 Å². The minimum atomic E-state index is -0.176. The van der Waals surface area contributed by atoms with Crippen LogP contribution < -0.4 is 5.32 Å². The Hall–Kier alpha value is -3.18. The van der Waals surface area contributed by atoms with Crippen LogP contribution in [-0.2, 0) is 6.54 Å². The summed E-state index contributed by atoms with van der Waals surface area (Å²) in [6.45, 7) is 0.594. The van der Waals surface area contributed by atoms with E-state index in [1.807, 2.05) is 41.1 Å². The second-order valence-corrected chi connectivity index (χ2v) is 6.33. The minimum absolute atomic E-state index is 0.176. The van der Waals surface area contributed by atoms with Gasteiger partial charge in [-0.2, -0.15) is 0 Å². The SMILES string of the molecule is O=C(Nc1cccc(Cl)c1)c1ccc(Cn2nnc3ccccc32)cc1. The summed E-state index contributed by atoms with van der Waals surface area (Å²) in [7, 11) is 0. The first-order valence-corrected chi connectivity index (χ1v) is 8.51. The Bertz CT molecular complexity index is 1070. The summed E-state index contributed by atoms with van der Waals surface area (Å²) in [5.41, 5.74) is 4.14. The van der Waals surface area contributed by atoms with Crippen LogP contribution in [0.1, 0.15) is 15.9 Å². The van der Waals surface area contributed by atoms with Crippen LogP contribution in [0.5, 0.6) is 0 Å². The molecule has 6 heteroatoms. The van der Waals surface area contributed by atoms with Gasteiger partial charge < -0.3 is 5.32 Å². The molecule has 0 saturated carbocycles. The highest BCUT2D eigenvalue weighted by atomic mass is 35.5. The third-order valence-corrected chi connectivity index (χ3v) is 4.29. The standard InChI is InChI=1S/C20H15ClN4O/c21-16-4-3-5-17(12-16)22-20(26)15-10-8-14(9-11-15)13-25-19-7-2-1-6-18(19)23-24-25/h1-12H,13H2,(H,22,26). The molecule has 1 aromatic heterocycles. The number of halogens is 1. The molecule has 0 aliphatic carbocycles. The van der Waals surface area contributed by atoms with E-state index in [0.29, 0.717) is 22.8 Å². The summed E-state index contributed by atoms with van der Waals surface area (Å²) < 4.78 is 1.84. The lowest BCUT2D eigenvalue weighted by molar-refractivity contribution is 0.102. The van der Waals surface area contributed by atoms with Gasteiger partial charge in [-0.1, -0.05) is 47.1 Å². The van der Waals surface area contributed by atoms with Gasteiger partial charge in [-0.25, -0.2) is 4.68 Å². The molecular weight excluding hydrogens is 348 g/mol. The molecule has 0 unspecified atom stereocenters. The smallest absolute Gasteiger partial charge is 0.255 e. The van der Waals surface area contributed by atoms with E-state index in [2.05, 4.69) is 15.6 Å². The Morgan fingerprint density at radius 1 is 1.00 bits per heavy atom. The number of hydrogen-bond acceptors (Lipinski definition) is 3. The molecule has 0 aliphatic heterocycles. The van der Waals surface area contributed by atoms with Gasteiger partial charge in [-0.15, -0.1) is 5.10 Å². The van der Waals surface area contributed by atoms with Crippen molar-refractivity contribution in [2.75, 3.05) is 5.32 Å². The first-order chi connectivity index (χ1) is 12.7. The fourth-order valence-corrected chi connectivity index (χ4v) is 2.93. The van der Waals surface area contributed by atoms with E-state index in [-0.39, 0.29) is 5.91 Å². The molecular formula is C20H15ClN4O. The van der Waals surface area contributed by atoms with Crippen LogP contribution in [0.4, 0.5) is 5.69 Å². The number of benzene rings is 3. The number of anilines is 1. The Kier molecular flexibility index (Phi) is 4.37. The van der Waals surface area contributed by atoms with Gasteiger partial charge in [0.15, 0.2) is 0 Å². The molecule has 0 spiro atoms. The highest BCUT2D eigenvalue weighted by molar-refractivity contribution is 6.30. The Labute approximate surface area is 155 Å². The lowest BCUT2D eigenvalue weighted by Gasteiger charge is -2.07. The van der Waals surface area contributed by atoms with Crippen LogP contribution in [0.25, 0.3) is 11.0 Å². The molecule has 26 heavy (non-hydrogen) atoms. The van der Waals surface area contributed by atoms with Crippen LogP contribution in [-0.4, -0.2) is 20.9 Å². The fraction of sp³-hybridized carbons (Fsp3) is 0.0500. The molecule has 0 bridgehead atoms. The summed E-state index contributed by atoms with van der Waals surface area (Å²) in [6.07, 6.45) is 0. The van der Waals surface area contributed by atoms with E-state index in [4.69, 9.17) is 11.6 Å². The molecule has 5 nitrogen and oxygen atoms in total. The van der Waals surface area contributed by atoms with E-state index < -0.39 is 0 Å². The third kappa shape index (κ3) is 3.43. The van der Waals surface area contributed by atoms with Crippen molar-refractivity contribution < 1.29 is 4.79 Å². The number of rotatable bonds is 4. The number of nitrogens with one attached hydrogen (secondary N) is 1. The third-order valence-electron chi connectivity index (χ3n) is 4.05. The van der Waals surface area contributed by atoms with Gasteiger partial charge >= 0.3 is 0 Å². The van der Waals surface area contributed by atoms with E-state index in [9.17, 15) is 4.79 Å². The predicted octanol–water partition coefficient (Wildman–Crippen LogP) is 4.39. The normalized spacial score (nSPS) is 10.8. The molecule has 1 N–H and O–H groups in total. The number of aromatic nitrogens is 3. The predicted molar refractivity (Wildman–Crippen MR) is 102 cm³/mol. The van der Waals surface area contributed by atoms with Crippen LogP contribution in [0.15, 0.2) is 72.8 Å². The summed E-state index contributed by atoms with van der Waals surface area (Å²) in [5.74, 6) is -0.176. The molecule has 1 amide bonds. The van der Waals surface area contributed by atoms with Crippen LogP contribution in [0.2, 0.25) is 5.02 Å². The van der Waals surface area contributed by atoms with Crippen LogP contribution in [0, 0.1) is 0 Å². The quantitative estimate of drug-likeness (QED) is 0.586. The molecule has 0 atom stereocenters. The molecule has 4 aromatic rings. The Morgan fingerprint density at radius 2 is 1.81 bits per heavy atom. The number of hydrogen-bond donors (Lipinski definition) is 1. The second kappa shape index (κ2) is 6.98. The van der Waals surface area contributed by atoms with Crippen molar-refractivity contribution in [1.29, 1.82) is 0 Å². The van der Waals surface area contributed by atoms with Crippen LogP contribution in [0.3, 0.4) is 0 Å². The molecule has 128 valence electrons. The zero-order valence-electron chi connectivity index (χ0n) is 13.8. The number of amides is 1. The molecule has 0 radical (unpaired) electrons. The summed E-state index contributed by atoms with van der Waals surface area (Å²) in [6, 6.07) is 22.3. The van der Waals surface area contributed by atoms with Crippen molar-refractivity contribution in [2.24, 2.45) is 0 Å². The number of para-hydroxylation sites is 1. The number of nitrogens with zero attached hydrogens (tertiary/aromatic N) is 3. The van der Waals surface area contributed by atoms with E-state index in [1.165, 1.54) is 0 Å². The molecule has 0 aliphatic rings. The largest absolute Gasteiger partial charge is 0.322 e. The van der Waals surface area contributed by atoms with Gasteiger partial charge in [-0.05, 0) is 48.0 Å². The summed E-state index contributed by atoms with van der Waals surface area (Å²) in [5, 5.41) is 11.8. The summed E-state index contributed by atoms with van der Waals surface area (Å²) in [4.78, 5) is 12.3. The van der Waals surface area contributed by atoms with Crippen molar-refractivity contribution in [3.63, 3.8) is 0 Å². The molecule has 4 rings (SSSR count). The highest BCUT2D eigenvalue weighted by Crippen LogP contribution is 2.17. The van der Waals surface area contributed by atoms with Crippen molar-refractivity contribution in [1.82, 2.24) is 15.0 Å². The first kappa shape index (κ1) is 16.3. The molecule has 0 saturated heterocycles. The molecule has 0 fully saturated rings. The van der Waals surface area contributed by atoms with Crippen molar-refractivity contribution >= 4 is 34.2 Å². The highest BCUT2D eigenvalue weighted by Gasteiger charge is 2.08. The Balaban J connectivity index is 1.49. The minimum Gasteiger partial charge on any atom is -0.322 e. The van der Waals surface area contributed by atoms with E-state index >= 15 is 0 Å². The number of carbonyl (C=O) groups is 1. The lowest BCUT2D eigenvalue weighted by Crippen LogP contribution is -2.12. The lowest BCUT2D eigenvalue weighted by atomic mass is 10.1. The zero-order valence-corrected chi connectivity index (χ0v) is 14.5. The van der Waals surface area contributed by atoms with Gasteiger partial charge in [0.2, 0.25) is 0 Å². The van der Waals surface area contributed by atoms with Gasteiger partial charge in [0.05, 0.1) is 12.1 Å². The van der Waals surface area contributed by atoms with Gasteiger partial charge in [0.1, 0.15) is 5.52 Å². The van der Waals surface area contributed by atoms with Gasteiger partial charge in [0, 0.05) is 16.3 Å². The average Bonchev–Trinajstić information content (AvgIpc) is 3.05. The maximum atomic E-state index is 12.3. The number of carbonyl (C=O) groups excluding carboxylic acids is 1. The fourth-order valence-electron chi connectivity index (χ4n) is 2.74. The number of fused-ring (bicyclic) bond motifs is 1. The van der Waals surface area contributed by atoms with Gasteiger partial charge in [-0.3, -0.25) is 4.79 Å². The zero-order chi connectivity index (χ0) is 17.9. The second-order valence-electron chi connectivity index (χ2n) is 5.90. The van der Waals surface area contributed by atoms with Crippen molar-refractivity contribution in [3.05, 3.63) is 88.9 Å². The monoisotopic (exact) mass is 362 g/mol. The Morgan fingerprint density at radius 3 is 2.62 bits per heavy atom. The van der Waals surface area contributed by atoms with Gasteiger partial charge in [0.25, 0.3) is 5.91 Å². The van der Waals surface area contributed by atoms with Crippen molar-refractivity contribution in [2.45, 2.75) is 6.54 Å². The summed E-state index contributed by atoms with van der Waals surface area (Å²) >= 11 is 5.94. The average molecular weight is 363 g/mol. The van der Waals surface area contributed by atoms with Crippen molar-refractivity contribution in [3.8, 4) is 0 Å². The first-order valence-electron chi connectivity index (χ1n) is 8.13. The maximum absolute atomic E-state index is 12.3. The maximum Gasteiger partial charge on any atom is 0.255 e. The topological polar surface area (TPSA) is 59.8 Å². The van der Waals surface area contributed by atoms with E-state index in [1.54, 1.807) is 36.4 Å². The van der Waals surface area contributed by atoms with E-state index in [0.717, 1.165) is 16.6 Å². The molecule has 3 aromatic carbocycles. The molecule has 1 heterocycles.